The van der Waals surface area contributed by atoms with Crippen molar-refractivity contribution < 1.29 is 29.0 Å². The molecule has 0 aromatic carbocycles. The van der Waals surface area contributed by atoms with Crippen molar-refractivity contribution in [2.24, 2.45) is 11.3 Å². The Hall–Kier alpha value is -1.99. The van der Waals surface area contributed by atoms with Crippen LogP contribution in [0, 0.1) is 11.3 Å². The maximum absolute atomic E-state index is 12.5. The smallest absolute Gasteiger partial charge is 0.410 e. The highest BCUT2D eigenvalue weighted by Gasteiger charge is 2.54. The second-order valence-corrected chi connectivity index (χ2v) is 9.62. The van der Waals surface area contributed by atoms with E-state index < -0.39 is 40.7 Å². The highest BCUT2D eigenvalue weighted by atomic mass is 16.6. The number of amides is 2. The molecule has 2 rings (SSSR count). The molecular formula is C19H32N2O6. The van der Waals surface area contributed by atoms with Crippen LogP contribution in [0.1, 0.15) is 54.4 Å². The third kappa shape index (κ3) is 5.26. The fourth-order valence-corrected chi connectivity index (χ4v) is 3.83. The van der Waals surface area contributed by atoms with E-state index in [1.807, 2.05) is 0 Å². The van der Waals surface area contributed by atoms with Crippen molar-refractivity contribution in [3.8, 4) is 0 Å². The van der Waals surface area contributed by atoms with Gasteiger partial charge in [0.1, 0.15) is 11.2 Å². The minimum Gasteiger partial charge on any atom is -0.481 e. The minimum atomic E-state index is -0.952. The van der Waals surface area contributed by atoms with Crippen molar-refractivity contribution in [1.82, 2.24) is 9.80 Å². The van der Waals surface area contributed by atoms with E-state index in [9.17, 15) is 19.5 Å². The molecule has 0 saturated carbocycles. The van der Waals surface area contributed by atoms with Crippen LogP contribution in [0.25, 0.3) is 0 Å². The first-order valence-corrected chi connectivity index (χ1v) is 9.41. The van der Waals surface area contributed by atoms with Crippen LogP contribution >= 0.6 is 0 Å². The quantitative estimate of drug-likeness (QED) is 0.747. The molecule has 1 spiro atoms. The van der Waals surface area contributed by atoms with Crippen molar-refractivity contribution in [1.29, 1.82) is 0 Å². The summed E-state index contributed by atoms with van der Waals surface area (Å²) < 4.78 is 10.9. The SMILES string of the molecule is CC(C)(C)OC(=O)N1CCCC2(C1)CN(C(=O)OC(C)(C)C)CC2C(=O)O. The lowest BCUT2D eigenvalue weighted by Crippen LogP contribution is -2.52. The zero-order valence-electron chi connectivity index (χ0n) is 17.2. The van der Waals surface area contributed by atoms with Gasteiger partial charge in [0.05, 0.1) is 5.92 Å². The summed E-state index contributed by atoms with van der Waals surface area (Å²) in [5, 5.41) is 9.76. The third-order valence-electron chi connectivity index (χ3n) is 4.86. The van der Waals surface area contributed by atoms with Gasteiger partial charge in [0.25, 0.3) is 0 Å². The van der Waals surface area contributed by atoms with E-state index in [1.54, 1.807) is 46.4 Å². The molecule has 0 aromatic heterocycles. The first-order valence-electron chi connectivity index (χ1n) is 9.41. The molecule has 0 aliphatic carbocycles. The Balaban J connectivity index is 2.18. The number of hydrogen-bond acceptors (Lipinski definition) is 5. The standard InChI is InChI=1S/C19H32N2O6/c1-17(2,3)26-15(24)20-9-7-8-19(11-20)12-21(10-13(19)14(22)23)16(25)27-18(4,5)6/h13H,7-12H2,1-6H3,(H,22,23). The Kier molecular flexibility index (Phi) is 5.69. The third-order valence-corrected chi connectivity index (χ3v) is 4.86. The molecule has 27 heavy (non-hydrogen) atoms. The fourth-order valence-electron chi connectivity index (χ4n) is 3.83. The first-order chi connectivity index (χ1) is 12.2. The number of nitrogens with zero attached hydrogens (tertiary/aromatic N) is 2. The lowest BCUT2D eigenvalue weighted by Gasteiger charge is -2.42. The molecule has 2 amide bonds. The van der Waals surface area contributed by atoms with Gasteiger partial charge in [-0.25, -0.2) is 9.59 Å². The molecule has 2 aliphatic heterocycles. The van der Waals surface area contributed by atoms with Gasteiger partial charge in [0, 0.05) is 31.6 Å². The van der Waals surface area contributed by atoms with E-state index in [1.165, 1.54) is 4.90 Å². The van der Waals surface area contributed by atoms with Crippen LogP contribution in [0.3, 0.4) is 0 Å². The number of likely N-dealkylation sites (tertiary alicyclic amines) is 2. The molecule has 2 aliphatic rings. The zero-order valence-corrected chi connectivity index (χ0v) is 17.2. The lowest BCUT2D eigenvalue weighted by atomic mass is 9.72. The maximum Gasteiger partial charge on any atom is 0.410 e. The number of ether oxygens (including phenoxy) is 2. The van der Waals surface area contributed by atoms with Gasteiger partial charge in [-0.15, -0.1) is 0 Å². The summed E-state index contributed by atoms with van der Waals surface area (Å²) in [4.78, 5) is 39.9. The molecule has 2 atom stereocenters. The van der Waals surface area contributed by atoms with Crippen LogP contribution in [0.5, 0.6) is 0 Å². The van der Waals surface area contributed by atoms with Crippen LogP contribution in [-0.2, 0) is 14.3 Å². The van der Waals surface area contributed by atoms with Gasteiger partial charge < -0.3 is 24.4 Å². The number of carbonyl (C=O) groups is 3. The maximum atomic E-state index is 12.5. The van der Waals surface area contributed by atoms with Crippen LogP contribution in [-0.4, -0.2) is 70.4 Å². The molecule has 2 unspecified atom stereocenters. The Morgan fingerprint density at radius 2 is 1.41 bits per heavy atom. The number of hydrogen-bond donors (Lipinski definition) is 1. The molecule has 2 fully saturated rings. The lowest BCUT2D eigenvalue weighted by molar-refractivity contribution is -0.146. The highest BCUT2D eigenvalue weighted by molar-refractivity contribution is 5.76. The Labute approximate surface area is 160 Å². The van der Waals surface area contributed by atoms with Crippen LogP contribution in [0.2, 0.25) is 0 Å². The normalized spacial score (nSPS) is 26.2. The van der Waals surface area contributed by atoms with Gasteiger partial charge in [0.15, 0.2) is 0 Å². The van der Waals surface area contributed by atoms with Gasteiger partial charge in [-0.3, -0.25) is 4.79 Å². The van der Waals surface area contributed by atoms with E-state index >= 15 is 0 Å². The van der Waals surface area contributed by atoms with Crippen LogP contribution < -0.4 is 0 Å². The predicted octanol–water partition coefficient (Wildman–Crippen LogP) is 2.96. The highest BCUT2D eigenvalue weighted by Crippen LogP contribution is 2.44. The molecule has 0 bridgehead atoms. The summed E-state index contributed by atoms with van der Waals surface area (Å²) in [6.07, 6.45) is 0.356. The largest absolute Gasteiger partial charge is 0.481 e. The zero-order chi connectivity index (χ0) is 20.6. The Bertz CT molecular complexity index is 606. The van der Waals surface area contributed by atoms with E-state index in [0.29, 0.717) is 19.4 Å². The molecular weight excluding hydrogens is 352 g/mol. The topological polar surface area (TPSA) is 96.4 Å². The van der Waals surface area contributed by atoms with Crippen LogP contribution in [0.4, 0.5) is 9.59 Å². The van der Waals surface area contributed by atoms with Crippen molar-refractivity contribution >= 4 is 18.2 Å². The first kappa shape index (κ1) is 21.3. The summed E-state index contributed by atoms with van der Waals surface area (Å²) >= 11 is 0. The molecule has 8 nitrogen and oxygen atoms in total. The van der Waals surface area contributed by atoms with E-state index in [4.69, 9.17) is 9.47 Å². The summed E-state index contributed by atoms with van der Waals surface area (Å²) in [7, 11) is 0. The molecule has 2 heterocycles. The van der Waals surface area contributed by atoms with Gasteiger partial charge in [0.2, 0.25) is 0 Å². The number of carboxylic acids is 1. The average molecular weight is 384 g/mol. The summed E-state index contributed by atoms with van der Waals surface area (Å²) in [5.41, 5.74) is -1.95. The van der Waals surface area contributed by atoms with Crippen molar-refractivity contribution in [3.05, 3.63) is 0 Å². The molecule has 1 N–H and O–H groups in total. The molecule has 154 valence electrons. The van der Waals surface area contributed by atoms with E-state index in [0.717, 1.165) is 0 Å². The summed E-state index contributed by atoms with van der Waals surface area (Å²) in [6, 6.07) is 0. The average Bonchev–Trinajstić information content (AvgIpc) is 2.83. The van der Waals surface area contributed by atoms with E-state index in [-0.39, 0.29) is 19.6 Å². The number of rotatable bonds is 1. The summed E-state index contributed by atoms with van der Waals surface area (Å²) in [6.45, 7) is 11.8. The van der Waals surface area contributed by atoms with Crippen LogP contribution in [0.15, 0.2) is 0 Å². The number of carbonyl (C=O) groups excluding carboxylic acids is 2. The van der Waals surface area contributed by atoms with Crippen molar-refractivity contribution in [2.75, 3.05) is 26.2 Å². The second-order valence-electron chi connectivity index (χ2n) is 9.62. The fraction of sp³-hybridized carbons (Fsp3) is 0.842. The molecule has 0 radical (unpaired) electrons. The predicted molar refractivity (Wildman–Crippen MR) is 98.4 cm³/mol. The number of carboxylic acid groups (broad SMARTS) is 1. The Morgan fingerprint density at radius 3 is 1.89 bits per heavy atom. The number of piperidine rings is 1. The monoisotopic (exact) mass is 384 g/mol. The van der Waals surface area contributed by atoms with Crippen molar-refractivity contribution in [3.63, 3.8) is 0 Å². The number of aliphatic carboxylic acids is 1. The molecule has 8 heteroatoms. The van der Waals surface area contributed by atoms with Gasteiger partial charge in [-0.05, 0) is 54.4 Å². The van der Waals surface area contributed by atoms with Crippen molar-refractivity contribution in [2.45, 2.75) is 65.6 Å². The molecule has 0 aromatic rings. The minimum absolute atomic E-state index is 0.0897. The van der Waals surface area contributed by atoms with E-state index in [2.05, 4.69) is 0 Å². The second kappa shape index (κ2) is 7.20. The summed E-state index contributed by atoms with van der Waals surface area (Å²) in [5.74, 6) is -1.69. The van der Waals surface area contributed by atoms with Gasteiger partial charge in [-0.1, -0.05) is 0 Å². The Morgan fingerprint density at radius 1 is 0.926 bits per heavy atom. The van der Waals surface area contributed by atoms with Gasteiger partial charge in [-0.2, -0.15) is 0 Å². The van der Waals surface area contributed by atoms with Gasteiger partial charge >= 0.3 is 18.2 Å². The molecule has 2 saturated heterocycles.